The number of carbonyl (C=O) groups excluding carboxylic acids is 4. The molecule has 0 aliphatic carbocycles. The van der Waals surface area contributed by atoms with Crippen LogP contribution >= 0.6 is 0 Å². The predicted octanol–water partition coefficient (Wildman–Crippen LogP) is 2.58. The number of nitrogens with one attached hydrogen (secondary N) is 1. The number of carbonyl (C=O) groups is 4. The summed E-state index contributed by atoms with van der Waals surface area (Å²) in [4.78, 5) is 56.2. The lowest BCUT2D eigenvalue weighted by Crippen LogP contribution is -2.75. The molecule has 0 saturated carbocycles. The lowest BCUT2D eigenvalue weighted by atomic mass is 9.94. The molecule has 4 aliphatic rings. The van der Waals surface area contributed by atoms with Gasteiger partial charge in [-0.1, -0.05) is 54.6 Å². The van der Waals surface area contributed by atoms with E-state index in [9.17, 15) is 23.4 Å². The van der Waals surface area contributed by atoms with E-state index < -0.39 is 69.0 Å². The summed E-state index contributed by atoms with van der Waals surface area (Å²) in [5, 5.41) is 0.934. The van der Waals surface area contributed by atoms with E-state index in [-0.39, 0.29) is 18.7 Å². The molecule has 4 heterocycles. The van der Waals surface area contributed by atoms with Gasteiger partial charge in [-0.15, -0.1) is 0 Å². The maximum atomic E-state index is 14.2. The van der Waals surface area contributed by atoms with Gasteiger partial charge in [-0.3, -0.25) is 23.6 Å². The van der Waals surface area contributed by atoms with Crippen LogP contribution in [0.25, 0.3) is 0 Å². The number of benzene rings is 2. The molecule has 3 amide bonds. The maximum absolute atomic E-state index is 14.2. The molecular weight excluding hydrogens is 586 g/mol. The van der Waals surface area contributed by atoms with Gasteiger partial charge in [-0.25, -0.2) is 9.59 Å². The van der Waals surface area contributed by atoms with Crippen LogP contribution in [0, 0.1) is 0 Å². The minimum Gasteiger partial charge on any atom is -0.497 e. The molecule has 4 aliphatic heterocycles. The van der Waals surface area contributed by atoms with Gasteiger partial charge < -0.3 is 19.5 Å². The molecule has 2 fully saturated rings. The van der Waals surface area contributed by atoms with Gasteiger partial charge in [-0.2, -0.15) is 0 Å². The highest BCUT2D eigenvalue weighted by Gasteiger charge is 2.66. The van der Waals surface area contributed by atoms with Crippen LogP contribution in [0.3, 0.4) is 0 Å². The van der Waals surface area contributed by atoms with Gasteiger partial charge in [0.15, 0.2) is 0 Å². The number of methoxy groups -OCH3 is 1. The quantitative estimate of drug-likeness (QED) is 0.284. The van der Waals surface area contributed by atoms with Gasteiger partial charge in [0, 0.05) is 5.57 Å². The largest absolute Gasteiger partial charge is 0.497 e. The number of rotatable bonds is 7. The van der Waals surface area contributed by atoms with Crippen molar-refractivity contribution in [3.05, 3.63) is 89.1 Å². The summed E-state index contributed by atoms with van der Waals surface area (Å²) in [6.07, 6.45) is 2.94. The number of β-lactam (4-membered cyclic amide) rings is 1. The fourth-order valence-corrected chi connectivity index (χ4v) is 8.22. The Kier molecular flexibility index (Phi) is 7.56. The Morgan fingerprint density at radius 2 is 1.68 bits per heavy atom. The monoisotopic (exact) mass is 619 g/mol. The second kappa shape index (κ2) is 11.2. The first-order valence-corrected chi connectivity index (χ1v) is 15.6. The average Bonchev–Trinajstić information content (AvgIpc) is 3.56. The molecular formula is C32H33N3O8S. The molecule has 6 rings (SSSR count). The van der Waals surface area contributed by atoms with Crippen molar-refractivity contribution in [2.75, 3.05) is 7.11 Å². The standard InChI is InChI=1S/C32H33N3O8S/c1-32(2,3)43-31(39)34-21-14-15-22(34)27-24(21)26(30(38)42-17-19-10-12-20(41-4)13-11-19)35-28(37)25(29(35)44(27)40)33-23(36)16-18-8-6-5-7-9-18/h5-15,21-22,25,27,29H,16-17H2,1-4H3,(H,33,36)/t21-,22+,25+,27-,29+,44-/m0/s1. The topological polar surface area (TPSA) is 132 Å². The summed E-state index contributed by atoms with van der Waals surface area (Å²) in [7, 11) is -0.228. The highest BCUT2D eigenvalue weighted by Crippen LogP contribution is 2.49. The smallest absolute Gasteiger partial charge is 0.411 e. The zero-order chi connectivity index (χ0) is 31.3. The molecule has 2 aromatic rings. The van der Waals surface area contributed by atoms with Gasteiger partial charge >= 0.3 is 12.1 Å². The van der Waals surface area contributed by atoms with E-state index in [0.717, 1.165) is 5.56 Å². The normalized spacial score (nSPS) is 26.5. The fraction of sp³-hybridized carbons (Fsp3) is 0.375. The first kappa shape index (κ1) is 29.6. The van der Waals surface area contributed by atoms with Crippen molar-refractivity contribution in [1.82, 2.24) is 15.1 Å². The number of amides is 3. The molecule has 230 valence electrons. The minimum absolute atomic E-state index is 0.0328. The van der Waals surface area contributed by atoms with E-state index in [4.69, 9.17) is 14.2 Å². The molecule has 2 bridgehead atoms. The van der Waals surface area contributed by atoms with Crippen molar-refractivity contribution in [2.45, 2.75) is 68.1 Å². The van der Waals surface area contributed by atoms with Crippen LogP contribution in [0.15, 0.2) is 78.0 Å². The number of nitrogens with zero attached hydrogens (tertiary/aromatic N) is 2. The van der Waals surface area contributed by atoms with Crippen molar-refractivity contribution in [1.29, 1.82) is 0 Å². The van der Waals surface area contributed by atoms with E-state index in [1.54, 1.807) is 76.4 Å². The SMILES string of the molecule is COc1ccc(COC(=O)C2=C3[C@H]([C@H]4C=C[C@@H]3N4C(=O)OC(C)(C)C)[S@](=O)[C@@H]3[C@H](NC(=O)Cc4ccccc4)C(=O)N23)cc1. The van der Waals surface area contributed by atoms with Crippen molar-refractivity contribution in [3.63, 3.8) is 0 Å². The molecule has 0 unspecified atom stereocenters. The van der Waals surface area contributed by atoms with Crippen molar-refractivity contribution in [2.24, 2.45) is 0 Å². The summed E-state index contributed by atoms with van der Waals surface area (Å²) in [5.74, 6) is -1.11. The van der Waals surface area contributed by atoms with Crippen molar-refractivity contribution in [3.8, 4) is 5.75 Å². The van der Waals surface area contributed by atoms with Crippen LogP contribution in [0.5, 0.6) is 5.75 Å². The molecule has 2 aromatic carbocycles. The zero-order valence-corrected chi connectivity index (χ0v) is 25.5. The van der Waals surface area contributed by atoms with Crippen LogP contribution < -0.4 is 10.1 Å². The average molecular weight is 620 g/mol. The highest BCUT2D eigenvalue weighted by molar-refractivity contribution is 7.86. The number of ether oxygens (including phenoxy) is 3. The third-order valence-corrected chi connectivity index (χ3v) is 9.94. The molecule has 12 heteroatoms. The van der Waals surface area contributed by atoms with Crippen LogP contribution in [0.1, 0.15) is 31.9 Å². The van der Waals surface area contributed by atoms with Crippen LogP contribution in [-0.4, -0.2) is 79.3 Å². The predicted molar refractivity (Wildman–Crippen MR) is 159 cm³/mol. The second-order valence-corrected chi connectivity index (χ2v) is 13.6. The molecule has 44 heavy (non-hydrogen) atoms. The summed E-state index contributed by atoms with van der Waals surface area (Å²) < 4.78 is 30.7. The highest BCUT2D eigenvalue weighted by atomic mass is 32.2. The van der Waals surface area contributed by atoms with E-state index in [0.29, 0.717) is 16.9 Å². The summed E-state index contributed by atoms with van der Waals surface area (Å²) in [5.41, 5.74) is 0.998. The molecule has 11 nitrogen and oxygen atoms in total. The van der Waals surface area contributed by atoms with Crippen molar-refractivity contribution >= 4 is 34.7 Å². The molecule has 0 radical (unpaired) electrons. The van der Waals surface area contributed by atoms with Gasteiger partial charge in [0.2, 0.25) is 5.91 Å². The molecule has 0 aromatic heterocycles. The van der Waals surface area contributed by atoms with Crippen molar-refractivity contribution < 1.29 is 37.6 Å². The zero-order valence-electron chi connectivity index (χ0n) is 24.7. The van der Waals surface area contributed by atoms with Gasteiger partial charge in [-0.05, 0) is 44.0 Å². The number of hydrogen-bond donors (Lipinski definition) is 1. The summed E-state index contributed by atoms with van der Waals surface area (Å²) in [6, 6.07) is 13.5. The Hall–Kier alpha value is -4.45. The molecule has 6 atom stereocenters. The number of fused-ring (bicyclic) bond motifs is 6. The Balaban J connectivity index is 1.31. The Labute approximate surface area is 257 Å². The third-order valence-electron chi connectivity index (χ3n) is 7.94. The first-order valence-electron chi connectivity index (χ1n) is 14.3. The Morgan fingerprint density at radius 3 is 2.34 bits per heavy atom. The Morgan fingerprint density at radius 1 is 0.977 bits per heavy atom. The molecule has 0 spiro atoms. The molecule has 1 N–H and O–H groups in total. The van der Waals surface area contributed by atoms with E-state index >= 15 is 0 Å². The van der Waals surface area contributed by atoms with E-state index in [1.165, 1.54) is 9.80 Å². The van der Waals surface area contributed by atoms with E-state index in [2.05, 4.69) is 5.32 Å². The lowest BCUT2D eigenvalue weighted by molar-refractivity contribution is -0.153. The van der Waals surface area contributed by atoms with Gasteiger partial charge in [0.05, 0.1) is 41.7 Å². The number of hydrogen-bond acceptors (Lipinski definition) is 8. The van der Waals surface area contributed by atoms with Crippen LogP contribution in [0.4, 0.5) is 4.79 Å². The minimum atomic E-state index is -1.78. The fourth-order valence-electron chi connectivity index (χ4n) is 6.05. The van der Waals surface area contributed by atoms with Crippen LogP contribution in [-0.2, 0) is 47.7 Å². The Bertz CT molecular complexity index is 1600. The van der Waals surface area contributed by atoms with Crippen LogP contribution in [0.2, 0.25) is 0 Å². The lowest BCUT2D eigenvalue weighted by Gasteiger charge is -2.51. The van der Waals surface area contributed by atoms with Gasteiger partial charge in [0.25, 0.3) is 5.91 Å². The number of esters is 1. The molecule has 2 saturated heterocycles. The summed E-state index contributed by atoms with van der Waals surface area (Å²) >= 11 is 0. The third kappa shape index (κ3) is 5.17. The maximum Gasteiger partial charge on any atom is 0.411 e. The van der Waals surface area contributed by atoms with E-state index in [1.807, 2.05) is 18.2 Å². The second-order valence-electron chi connectivity index (χ2n) is 12.0. The first-order chi connectivity index (χ1) is 21.0. The summed E-state index contributed by atoms with van der Waals surface area (Å²) in [6.45, 7) is 5.15. The van der Waals surface area contributed by atoms with Gasteiger partial charge in [0.1, 0.15) is 35.1 Å².